The van der Waals surface area contributed by atoms with Gasteiger partial charge < -0.3 is 15.5 Å². The highest BCUT2D eigenvalue weighted by Gasteiger charge is 2.43. The molecule has 3 aromatic rings. The van der Waals surface area contributed by atoms with E-state index in [2.05, 4.69) is 30.6 Å². The molecule has 2 fully saturated rings. The predicted molar refractivity (Wildman–Crippen MR) is 137 cm³/mol. The summed E-state index contributed by atoms with van der Waals surface area (Å²) in [5, 5.41) is 10.6. The summed E-state index contributed by atoms with van der Waals surface area (Å²) >= 11 is 0. The van der Waals surface area contributed by atoms with E-state index in [1.807, 2.05) is 38.5 Å². The molecule has 3 heterocycles. The summed E-state index contributed by atoms with van der Waals surface area (Å²) < 4.78 is 1.80. The number of rotatable bonds is 6. The molecule has 0 atom stereocenters. The number of carbonyl (C=O) groups excluding carboxylic acids is 3. The van der Waals surface area contributed by atoms with Crippen LogP contribution in [0.1, 0.15) is 41.6 Å². The Kier molecular flexibility index (Phi) is 5.43. The van der Waals surface area contributed by atoms with Gasteiger partial charge in [0, 0.05) is 63.0 Å². The van der Waals surface area contributed by atoms with E-state index in [4.69, 9.17) is 0 Å². The number of para-hydroxylation sites is 1. The second-order valence-electron chi connectivity index (χ2n) is 9.93. The number of carbonyl (C=O) groups is 3. The summed E-state index contributed by atoms with van der Waals surface area (Å²) in [5.74, 6) is -1.06. The topological polar surface area (TPSA) is 125 Å². The molecule has 2 saturated carbocycles. The number of nitrogens with zero attached hydrogens (tertiary/aromatic N) is 6. The van der Waals surface area contributed by atoms with Crippen LogP contribution in [-0.4, -0.2) is 51.6 Å². The first-order chi connectivity index (χ1) is 17.9. The van der Waals surface area contributed by atoms with Gasteiger partial charge in [0.1, 0.15) is 11.4 Å². The second-order valence-corrected chi connectivity index (χ2v) is 9.93. The first kappa shape index (κ1) is 23.1. The molecular formula is C26H28N8O3. The smallest absolute Gasteiger partial charge is 0.256 e. The van der Waals surface area contributed by atoms with Crippen LogP contribution in [0, 0.1) is 11.8 Å². The zero-order valence-corrected chi connectivity index (χ0v) is 21.0. The highest BCUT2D eigenvalue weighted by atomic mass is 16.2. The number of hydrogen-bond donors (Lipinski definition) is 2. The molecule has 0 unspecified atom stereocenters. The van der Waals surface area contributed by atoms with E-state index in [1.165, 1.54) is 13.2 Å². The van der Waals surface area contributed by atoms with Crippen LogP contribution in [0.15, 0.2) is 30.6 Å². The van der Waals surface area contributed by atoms with E-state index >= 15 is 0 Å². The quantitative estimate of drug-likeness (QED) is 0.495. The van der Waals surface area contributed by atoms with Crippen molar-refractivity contribution >= 4 is 40.9 Å². The van der Waals surface area contributed by atoms with E-state index in [9.17, 15) is 14.4 Å². The van der Waals surface area contributed by atoms with Crippen LogP contribution in [0.3, 0.4) is 0 Å². The summed E-state index contributed by atoms with van der Waals surface area (Å²) in [7, 11) is 5.42. The third-order valence-corrected chi connectivity index (χ3v) is 6.98. The molecule has 0 spiro atoms. The first-order valence-electron chi connectivity index (χ1n) is 12.5. The molecule has 190 valence electrons. The Balaban J connectivity index is 1.43. The summed E-state index contributed by atoms with van der Waals surface area (Å²) in [6.07, 6.45) is 6.41. The second kappa shape index (κ2) is 8.68. The third-order valence-electron chi connectivity index (χ3n) is 6.98. The van der Waals surface area contributed by atoms with Gasteiger partial charge >= 0.3 is 0 Å². The lowest BCUT2D eigenvalue weighted by molar-refractivity contribution is -0.128. The lowest BCUT2D eigenvalue weighted by Gasteiger charge is -2.29. The van der Waals surface area contributed by atoms with Crippen molar-refractivity contribution in [3.63, 3.8) is 0 Å². The first-order valence-corrected chi connectivity index (χ1v) is 12.5. The third kappa shape index (κ3) is 4.09. The molecular weight excluding hydrogens is 472 g/mol. The van der Waals surface area contributed by atoms with Gasteiger partial charge in [-0.05, 0) is 31.7 Å². The van der Waals surface area contributed by atoms with Gasteiger partial charge in [0.25, 0.3) is 5.91 Å². The maximum atomic E-state index is 13.1. The van der Waals surface area contributed by atoms with Crippen molar-refractivity contribution < 1.29 is 14.4 Å². The highest BCUT2D eigenvalue weighted by Crippen LogP contribution is 2.43. The highest BCUT2D eigenvalue weighted by molar-refractivity contribution is 6.16. The molecule has 0 bridgehead atoms. The van der Waals surface area contributed by atoms with Crippen LogP contribution in [0.5, 0.6) is 0 Å². The Labute approximate surface area is 213 Å². The molecule has 3 aliphatic rings. The van der Waals surface area contributed by atoms with Gasteiger partial charge in [-0.3, -0.25) is 19.1 Å². The molecule has 0 radical (unpaired) electrons. The number of nitrogens with one attached hydrogen (secondary N) is 2. The van der Waals surface area contributed by atoms with Crippen LogP contribution < -0.4 is 20.4 Å². The number of amides is 3. The predicted octanol–water partition coefficient (Wildman–Crippen LogP) is 2.61. The molecule has 2 aromatic heterocycles. The van der Waals surface area contributed by atoms with Crippen LogP contribution in [0.2, 0.25) is 0 Å². The van der Waals surface area contributed by atoms with Crippen molar-refractivity contribution in [2.45, 2.75) is 32.2 Å². The number of anilines is 4. The minimum Gasteiger partial charge on any atom is -0.368 e. The number of aryl methyl sites for hydroxylation is 1. The molecule has 1 aromatic carbocycles. The molecule has 2 aliphatic carbocycles. The fourth-order valence-corrected chi connectivity index (χ4v) is 4.80. The van der Waals surface area contributed by atoms with Gasteiger partial charge in [-0.2, -0.15) is 10.1 Å². The molecule has 11 nitrogen and oxygen atoms in total. The van der Waals surface area contributed by atoms with E-state index in [-0.39, 0.29) is 46.9 Å². The van der Waals surface area contributed by atoms with E-state index in [1.54, 1.807) is 4.68 Å². The zero-order chi connectivity index (χ0) is 25.8. The summed E-state index contributed by atoms with van der Waals surface area (Å²) in [6.45, 7) is 0.672. The van der Waals surface area contributed by atoms with Crippen LogP contribution in [-0.2, 0) is 23.2 Å². The molecule has 6 rings (SSSR count). The van der Waals surface area contributed by atoms with Crippen molar-refractivity contribution in [1.29, 1.82) is 0 Å². The van der Waals surface area contributed by atoms with Crippen molar-refractivity contribution in [2.75, 3.05) is 29.2 Å². The number of hydrogen-bond acceptors (Lipinski definition) is 8. The van der Waals surface area contributed by atoms with Crippen LogP contribution >= 0.6 is 0 Å². The number of fused-ring (bicyclic) bond motifs is 3. The minimum atomic E-state index is -0.382. The van der Waals surface area contributed by atoms with Gasteiger partial charge in [-0.1, -0.05) is 12.1 Å². The summed E-state index contributed by atoms with van der Waals surface area (Å²) in [4.78, 5) is 51.0. The van der Waals surface area contributed by atoms with Crippen molar-refractivity contribution in [2.24, 2.45) is 18.9 Å². The fourth-order valence-electron chi connectivity index (χ4n) is 4.80. The van der Waals surface area contributed by atoms with Crippen molar-refractivity contribution in [3.05, 3.63) is 41.7 Å². The van der Waals surface area contributed by atoms with Gasteiger partial charge in [0.05, 0.1) is 17.1 Å². The Hall–Kier alpha value is -4.28. The Morgan fingerprint density at radius 3 is 2.41 bits per heavy atom. The maximum Gasteiger partial charge on any atom is 0.256 e. The SMILES string of the molecule is CNC(=O)c1cnc(N(C(=O)C2CC2)C(=O)C2CC2)nc1Nc1cccc2c1N(C)Cc1cn(C)nc1-2. The Morgan fingerprint density at radius 1 is 1.05 bits per heavy atom. The number of benzene rings is 1. The minimum absolute atomic E-state index is 0.00545. The fraction of sp³-hybridized carbons (Fsp3) is 0.385. The van der Waals surface area contributed by atoms with Crippen molar-refractivity contribution in [3.8, 4) is 11.3 Å². The maximum absolute atomic E-state index is 13.1. The van der Waals surface area contributed by atoms with Gasteiger partial charge in [0.2, 0.25) is 17.8 Å². The summed E-state index contributed by atoms with van der Waals surface area (Å²) in [5.41, 5.74) is 4.83. The molecule has 11 heteroatoms. The van der Waals surface area contributed by atoms with E-state index in [0.29, 0.717) is 6.54 Å². The summed E-state index contributed by atoms with van der Waals surface area (Å²) in [6, 6.07) is 5.83. The molecule has 3 amide bonds. The van der Waals surface area contributed by atoms with Gasteiger partial charge in [-0.15, -0.1) is 0 Å². The lowest BCUT2D eigenvalue weighted by Crippen LogP contribution is -2.40. The van der Waals surface area contributed by atoms with Gasteiger partial charge in [-0.25, -0.2) is 9.88 Å². The Bertz CT molecular complexity index is 1420. The standard InChI is InChI=1S/C26H28N8O3/c1-27-23(35)18-11-28-26(34(24(36)14-7-8-14)25(37)15-9-10-15)30-22(18)29-19-6-4-5-17-20-16(13-33(3)31-20)12-32(2)21(17)19/h4-6,11,13-15H,7-10,12H2,1-3H3,(H,27,35)(H,28,29,30). The average molecular weight is 501 g/mol. The average Bonchev–Trinajstić information content (AvgIpc) is 3.80. The monoisotopic (exact) mass is 500 g/mol. The van der Waals surface area contributed by atoms with Gasteiger partial charge in [0.15, 0.2) is 0 Å². The Morgan fingerprint density at radius 2 is 1.76 bits per heavy atom. The van der Waals surface area contributed by atoms with Crippen molar-refractivity contribution in [1.82, 2.24) is 25.1 Å². The van der Waals surface area contributed by atoms with Crippen LogP contribution in [0.25, 0.3) is 11.3 Å². The van der Waals surface area contributed by atoms with E-state index in [0.717, 1.165) is 58.8 Å². The normalized spacial score (nSPS) is 16.0. The molecule has 0 saturated heterocycles. The number of imide groups is 1. The lowest BCUT2D eigenvalue weighted by atomic mass is 9.99. The molecule has 2 N–H and O–H groups in total. The zero-order valence-electron chi connectivity index (χ0n) is 21.0. The van der Waals surface area contributed by atoms with E-state index < -0.39 is 0 Å². The molecule has 37 heavy (non-hydrogen) atoms. The number of aromatic nitrogens is 4. The molecule has 1 aliphatic heterocycles. The van der Waals surface area contributed by atoms with Crippen LogP contribution in [0.4, 0.5) is 23.1 Å². The largest absolute Gasteiger partial charge is 0.368 e.